The van der Waals surface area contributed by atoms with Crippen LogP contribution in [0, 0.1) is 0 Å². The molecule has 0 atom stereocenters. The number of amides is 1. The van der Waals surface area contributed by atoms with Crippen LogP contribution >= 0.6 is 11.3 Å². The van der Waals surface area contributed by atoms with Crippen LogP contribution in [0.25, 0.3) is 22.8 Å². The lowest BCUT2D eigenvalue weighted by molar-refractivity contribution is 0.0182. The van der Waals surface area contributed by atoms with Crippen molar-refractivity contribution in [3.63, 3.8) is 0 Å². The van der Waals surface area contributed by atoms with Gasteiger partial charge in [0, 0.05) is 23.5 Å². The van der Waals surface area contributed by atoms with Gasteiger partial charge < -0.3 is 14.2 Å². The van der Waals surface area contributed by atoms with Gasteiger partial charge in [0.1, 0.15) is 11.9 Å². The molecule has 4 aromatic rings. The second kappa shape index (κ2) is 7.48. The second-order valence-corrected chi connectivity index (χ2v) is 7.56. The molecule has 7 nitrogen and oxygen atoms in total. The van der Waals surface area contributed by atoms with Crippen LogP contribution in [0.1, 0.15) is 9.67 Å². The fourth-order valence-corrected chi connectivity index (χ4v) is 3.75. The predicted octanol–water partition coefficient (Wildman–Crippen LogP) is 3.76. The third-order valence-electron chi connectivity index (χ3n) is 4.64. The first kappa shape index (κ1) is 17.6. The fraction of sp³-hybridized carbons (Fsp3) is 0.143. The number of aromatic nitrogens is 3. The molecule has 0 radical (unpaired) electrons. The molecular weight excluding hydrogens is 388 g/mol. The van der Waals surface area contributed by atoms with Crippen LogP contribution in [0.5, 0.6) is 5.75 Å². The minimum absolute atomic E-state index is 0.00762. The molecule has 144 valence electrons. The maximum atomic E-state index is 12.2. The van der Waals surface area contributed by atoms with Crippen molar-refractivity contribution in [2.24, 2.45) is 0 Å². The van der Waals surface area contributed by atoms with Gasteiger partial charge in [0.2, 0.25) is 5.82 Å². The van der Waals surface area contributed by atoms with E-state index in [0.717, 1.165) is 21.8 Å². The molecule has 0 aliphatic carbocycles. The molecule has 1 saturated heterocycles. The summed E-state index contributed by atoms with van der Waals surface area (Å²) in [5, 5.41) is 5.95. The van der Waals surface area contributed by atoms with E-state index in [0.29, 0.717) is 24.8 Å². The number of likely N-dealkylation sites (tertiary alicyclic amines) is 1. The van der Waals surface area contributed by atoms with Crippen molar-refractivity contribution < 1.29 is 14.1 Å². The largest absolute Gasteiger partial charge is 0.487 e. The quantitative estimate of drug-likeness (QED) is 0.504. The molecule has 3 aromatic heterocycles. The molecule has 1 aliphatic rings. The van der Waals surface area contributed by atoms with Crippen LogP contribution in [0.15, 0.2) is 70.8 Å². The summed E-state index contributed by atoms with van der Waals surface area (Å²) in [6.45, 7) is 1.19. The Hall–Kier alpha value is -3.52. The van der Waals surface area contributed by atoms with Crippen molar-refractivity contribution in [1.29, 1.82) is 0 Å². The molecule has 0 bridgehead atoms. The molecule has 4 heterocycles. The van der Waals surface area contributed by atoms with E-state index in [-0.39, 0.29) is 12.0 Å². The van der Waals surface area contributed by atoms with Crippen molar-refractivity contribution in [3.8, 4) is 28.6 Å². The van der Waals surface area contributed by atoms with Crippen molar-refractivity contribution in [1.82, 2.24) is 20.0 Å². The minimum Gasteiger partial charge on any atom is -0.487 e. The van der Waals surface area contributed by atoms with Gasteiger partial charge in [-0.3, -0.25) is 9.78 Å². The lowest BCUT2D eigenvalue weighted by atomic mass is 10.1. The Kier molecular flexibility index (Phi) is 4.53. The normalized spacial score (nSPS) is 13.9. The SMILES string of the molecule is O=C(c1cccs1)N1CC(Oc2ccc(-c3noc(-c4ccncc4)n3)cc2)C1. The van der Waals surface area contributed by atoms with Gasteiger partial charge in [0.05, 0.1) is 18.0 Å². The van der Waals surface area contributed by atoms with Gasteiger partial charge in [-0.25, -0.2) is 0 Å². The van der Waals surface area contributed by atoms with E-state index in [2.05, 4.69) is 15.1 Å². The van der Waals surface area contributed by atoms with Crippen molar-refractivity contribution in [2.45, 2.75) is 6.10 Å². The van der Waals surface area contributed by atoms with Crippen molar-refractivity contribution in [3.05, 3.63) is 71.2 Å². The molecular formula is C21H16N4O3S. The third kappa shape index (κ3) is 3.62. The van der Waals surface area contributed by atoms with E-state index in [9.17, 15) is 4.79 Å². The summed E-state index contributed by atoms with van der Waals surface area (Å²) in [6.07, 6.45) is 3.37. The highest BCUT2D eigenvalue weighted by molar-refractivity contribution is 7.12. The summed E-state index contributed by atoms with van der Waals surface area (Å²) < 4.78 is 11.3. The van der Waals surface area contributed by atoms with Gasteiger partial charge in [-0.2, -0.15) is 4.98 Å². The molecule has 29 heavy (non-hydrogen) atoms. The summed E-state index contributed by atoms with van der Waals surface area (Å²) in [4.78, 5) is 23.2. The molecule has 0 spiro atoms. The topological polar surface area (TPSA) is 81.4 Å². The van der Waals surface area contributed by atoms with E-state index in [1.165, 1.54) is 11.3 Å². The lowest BCUT2D eigenvalue weighted by Crippen LogP contribution is -2.56. The molecule has 0 saturated carbocycles. The Labute approximate surface area is 170 Å². The average Bonchev–Trinajstić information content (AvgIpc) is 3.43. The molecule has 5 rings (SSSR count). The number of thiophene rings is 1. The van der Waals surface area contributed by atoms with Crippen LogP contribution in [-0.2, 0) is 0 Å². The zero-order chi connectivity index (χ0) is 19.6. The standard InChI is InChI=1S/C21H16N4O3S/c26-21(18-2-1-11-29-18)25-12-17(13-25)27-16-5-3-14(4-6-16)19-23-20(28-24-19)15-7-9-22-10-8-15/h1-11,17H,12-13H2. The third-order valence-corrected chi connectivity index (χ3v) is 5.49. The van der Waals surface area contributed by atoms with E-state index in [1.54, 1.807) is 17.3 Å². The summed E-state index contributed by atoms with van der Waals surface area (Å²) in [5.41, 5.74) is 1.66. The van der Waals surface area contributed by atoms with Crippen molar-refractivity contribution >= 4 is 17.2 Å². The summed E-state index contributed by atoms with van der Waals surface area (Å²) in [5.74, 6) is 1.78. The molecule has 0 unspecified atom stereocenters. The average molecular weight is 404 g/mol. The van der Waals surface area contributed by atoms with E-state index < -0.39 is 0 Å². The molecule has 1 amide bonds. The Morgan fingerprint density at radius 3 is 2.59 bits per heavy atom. The molecule has 8 heteroatoms. The monoisotopic (exact) mass is 404 g/mol. The fourth-order valence-electron chi connectivity index (χ4n) is 3.06. The smallest absolute Gasteiger partial charge is 0.264 e. The van der Waals surface area contributed by atoms with Gasteiger partial charge in [0.15, 0.2) is 0 Å². The number of nitrogens with zero attached hydrogens (tertiary/aromatic N) is 4. The number of benzene rings is 1. The first-order chi connectivity index (χ1) is 14.3. The highest BCUT2D eigenvalue weighted by Gasteiger charge is 2.33. The molecule has 1 aliphatic heterocycles. The first-order valence-corrected chi connectivity index (χ1v) is 9.98. The lowest BCUT2D eigenvalue weighted by Gasteiger charge is -2.38. The molecule has 1 fully saturated rings. The predicted molar refractivity (Wildman–Crippen MR) is 108 cm³/mol. The maximum Gasteiger partial charge on any atom is 0.264 e. The first-order valence-electron chi connectivity index (χ1n) is 9.10. The summed E-state index contributed by atoms with van der Waals surface area (Å²) >= 11 is 1.46. The number of carbonyl (C=O) groups is 1. The highest BCUT2D eigenvalue weighted by Crippen LogP contribution is 2.25. The number of ether oxygens (including phenoxy) is 1. The number of carbonyl (C=O) groups excluding carboxylic acids is 1. The zero-order valence-electron chi connectivity index (χ0n) is 15.3. The summed E-state index contributed by atoms with van der Waals surface area (Å²) in [7, 11) is 0. The zero-order valence-corrected chi connectivity index (χ0v) is 16.1. The van der Waals surface area contributed by atoms with Crippen molar-refractivity contribution in [2.75, 3.05) is 13.1 Å². The van der Waals surface area contributed by atoms with Gasteiger partial charge in [-0.15, -0.1) is 11.3 Å². The molecule has 1 aromatic carbocycles. The summed E-state index contributed by atoms with van der Waals surface area (Å²) in [6, 6.07) is 14.9. The number of pyridine rings is 1. The van der Waals surface area contributed by atoms with Crippen LogP contribution in [0.3, 0.4) is 0 Å². The minimum atomic E-state index is 0.00762. The maximum absolute atomic E-state index is 12.2. The number of rotatable bonds is 5. The van der Waals surface area contributed by atoms with Crippen LogP contribution in [0.2, 0.25) is 0 Å². The number of hydrogen-bond donors (Lipinski definition) is 0. The highest BCUT2D eigenvalue weighted by atomic mass is 32.1. The van der Waals surface area contributed by atoms with Gasteiger partial charge >= 0.3 is 0 Å². The van der Waals surface area contributed by atoms with E-state index in [4.69, 9.17) is 9.26 Å². The van der Waals surface area contributed by atoms with Gasteiger partial charge in [0.25, 0.3) is 11.8 Å². The Bertz CT molecular complexity index is 1100. The van der Waals surface area contributed by atoms with Crippen LogP contribution in [-0.4, -0.2) is 45.1 Å². The van der Waals surface area contributed by atoms with E-state index >= 15 is 0 Å². The van der Waals surface area contributed by atoms with Crippen LogP contribution < -0.4 is 4.74 Å². The second-order valence-electron chi connectivity index (χ2n) is 6.61. The van der Waals surface area contributed by atoms with Crippen LogP contribution in [0.4, 0.5) is 0 Å². The Morgan fingerprint density at radius 1 is 1.07 bits per heavy atom. The molecule has 0 N–H and O–H groups in total. The van der Waals surface area contributed by atoms with E-state index in [1.807, 2.05) is 53.9 Å². The van der Waals surface area contributed by atoms with Gasteiger partial charge in [-0.1, -0.05) is 11.2 Å². The Balaban J connectivity index is 1.20. The van der Waals surface area contributed by atoms with Gasteiger partial charge in [-0.05, 0) is 47.8 Å². The Morgan fingerprint density at radius 2 is 1.86 bits per heavy atom. The number of hydrogen-bond acceptors (Lipinski definition) is 7.